The third kappa shape index (κ3) is 4.87. The van der Waals surface area contributed by atoms with E-state index in [9.17, 15) is 12.8 Å². The Morgan fingerprint density at radius 1 is 1.20 bits per heavy atom. The normalized spacial score (nSPS) is 16.6. The number of hydrogen-bond donors (Lipinski definition) is 2. The molecule has 35 heavy (non-hydrogen) atoms. The van der Waals surface area contributed by atoms with Gasteiger partial charge >= 0.3 is 0 Å². The highest BCUT2D eigenvalue weighted by Crippen LogP contribution is 2.35. The second-order valence-corrected chi connectivity index (χ2v) is 11.2. The van der Waals surface area contributed by atoms with E-state index in [4.69, 9.17) is 10.2 Å². The van der Waals surface area contributed by atoms with Gasteiger partial charge in [-0.25, -0.2) is 22.8 Å². The fraction of sp³-hybridized carbons (Fsp3) is 0.333. The number of nitrogens with zero attached hydrogens (tertiary/aromatic N) is 4. The van der Waals surface area contributed by atoms with Crippen LogP contribution in [-0.2, 0) is 9.84 Å². The Kier molecular flexibility index (Phi) is 6.82. The van der Waals surface area contributed by atoms with Crippen LogP contribution in [0, 0.1) is 5.92 Å². The summed E-state index contributed by atoms with van der Waals surface area (Å²) in [6.45, 7) is 5.68. The second-order valence-electron chi connectivity index (χ2n) is 8.70. The van der Waals surface area contributed by atoms with Crippen LogP contribution in [0.1, 0.15) is 33.1 Å². The van der Waals surface area contributed by atoms with E-state index in [1.165, 1.54) is 24.4 Å². The predicted octanol–water partition coefficient (Wildman–Crippen LogP) is 3.82. The van der Waals surface area contributed by atoms with E-state index in [1.807, 2.05) is 6.92 Å². The Balaban J connectivity index is 1.64. The van der Waals surface area contributed by atoms with Crippen molar-refractivity contribution in [2.45, 2.75) is 37.3 Å². The Bertz CT molecular complexity index is 1410. The van der Waals surface area contributed by atoms with Crippen molar-refractivity contribution in [2.75, 3.05) is 19.3 Å². The van der Waals surface area contributed by atoms with E-state index in [0.29, 0.717) is 35.4 Å². The van der Waals surface area contributed by atoms with Crippen LogP contribution in [0.4, 0.5) is 10.2 Å². The quantitative estimate of drug-likeness (QED) is 0.498. The van der Waals surface area contributed by atoms with E-state index < -0.39 is 15.1 Å². The van der Waals surface area contributed by atoms with Gasteiger partial charge in [0.25, 0.3) is 5.89 Å². The summed E-state index contributed by atoms with van der Waals surface area (Å²) in [6, 6.07) is 6.39. The molecule has 1 aliphatic rings. The zero-order chi connectivity index (χ0) is 25.3. The summed E-state index contributed by atoms with van der Waals surface area (Å²) in [5, 5.41) is 10.6. The minimum Gasteiger partial charge on any atom is -0.415 e. The number of anilines is 1. The van der Waals surface area contributed by atoms with Crippen molar-refractivity contribution in [3.05, 3.63) is 53.8 Å². The molecule has 0 amide bonds. The molecular formula is C24H27FN6O3S. The van der Waals surface area contributed by atoms with E-state index in [0.717, 1.165) is 0 Å². The van der Waals surface area contributed by atoms with Crippen molar-refractivity contribution in [2.24, 2.45) is 5.92 Å². The Hall–Kier alpha value is -3.44. The first-order valence-corrected chi connectivity index (χ1v) is 12.7. The second kappa shape index (κ2) is 9.67. The molecule has 0 saturated carbocycles. The van der Waals surface area contributed by atoms with Crippen molar-refractivity contribution >= 4 is 21.2 Å². The molecule has 11 heteroatoms. The average Bonchev–Trinajstić information content (AvgIpc) is 3.32. The number of rotatable bonds is 7. The number of nitrogens with one attached hydrogen (secondary N) is 1. The van der Waals surface area contributed by atoms with Crippen LogP contribution >= 0.6 is 0 Å². The van der Waals surface area contributed by atoms with Crippen molar-refractivity contribution < 1.29 is 17.2 Å². The standard InChI is InChI=1S/C24H27FN6O3S/c1-13(2)35(32,33)17-7-5-15(6-8-17)20-12-28-22(26)21(29-20)24-31-30-23(34-24)16-9-14(3)18(11-27-4)19(25)10-16/h5-8,10,12-14,27H,9,11H2,1-4H3,(H2,26,28). The van der Waals surface area contributed by atoms with Crippen LogP contribution in [0.15, 0.2) is 57.3 Å². The molecule has 1 aromatic carbocycles. The lowest BCUT2D eigenvalue weighted by Gasteiger charge is -2.21. The maximum atomic E-state index is 14.6. The van der Waals surface area contributed by atoms with Gasteiger partial charge in [-0.05, 0) is 57.0 Å². The van der Waals surface area contributed by atoms with Gasteiger partial charge < -0.3 is 15.5 Å². The van der Waals surface area contributed by atoms with Crippen LogP contribution in [-0.4, -0.2) is 47.4 Å². The summed E-state index contributed by atoms with van der Waals surface area (Å²) in [6.07, 6.45) is 3.46. The fourth-order valence-corrected chi connectivity index (χ4v) is 4.88. The van der Waals surface area contributed by atoms with Crippen LogP contribution in [0.25, 0.3) is 28.4 Å². The SMILES string of the molecule is CNCC1=C(F)C=C(c2nnc(-c3nc(-c4ccc(S(=O)(=O)C(C)C)cc4)cnc3N)o2)CC1C. The lowest BCUT2D eigenvalue weighted by atomic mass is 9.87. The highest BCUT2D eigenvalue weighted by molar-refractivity contribution is 7.92. The molecule has 0 radical (unpaired) electrons. The molecule has 0 bridgehead atoms. The molecule has 9 nitrogen and oxygen atoms in total. The van der Waals surface area contributed by atoms with E-state index in [1.54, 1.807) is 33.0 Å². The highest BCUT2D eigenvalue weighted by atomic mass is 32.2. The van der Waals surface area contributed by atoms with Crippen molar-refractivity contribution in [3.8, 4) is 22.8 Å². The summed E-state index contributed by atoms with van der Waals surface area (Å²) < 4.78 is 45.2. The third-order valence-corrected chi connectivity index (χ3v) is 8.07. The molecule has 184 valence electrons. The van der Waals surface area contributed by atoms with E-state index in [2.05, 4.69) is 25.5 Å². The number of allylic oxidation sites excluding steroid dienone is 3. The van der Waals surface area contributed by atoms with Crippen LogP contribution < -0.4 is 11.1 Å². The molecule has 2 aromatic heterocycles. The molecule has 0 saturated heterocycles. The minimum atomic E-state index is -3.38. The highest BCUT2D eigenvalue weighted by Gasteiger charge is 2.25. The molecular weight excluding hydrogens is 471 g/mol. The number of nitrogens with two attached hydrogens (primary N) is 1. The van der Waals surface area contributed by atoms with Crippen molar-refractivity contribution in [1.82, 2.24) is 25.5 Å². The molecule has 0 aliphatic heterocycles. The summed E-state index contributed by atoms with van der Waals surface area (Å²) in [5.41, 5.74) is 8.62. The maximum Gasteiger partial charge on any atom is 0.270 e. The zero-order valence-electron chi connectivity index (χ0n) is 19.9. The predicted molar refractivity (Wildman–Crippen MR) is 131 cm³/mol. The fourth-order valence-electron chi connectivity index (χ4n) is 3.82. The topological polar surface area (TPSA) is 137 Å². The van der Waals surface area contributed by atoms with Crippen LogP contribution in [0.5, 0.6) is 0 Å². The smallest absolute Gasteiger partial charge is 0.270 e. The lowest BCUT2D eigenvalue weighted by molar-refractivity contribution is 0.528. The average molecular weight is 499 g/mol. The first-order chi connectivity index (χ1) is 16.6. The summed E-state index contributed by atoms with van der Waals surface area (Å²) >= 11 is 0. The number of hydrogen-bond acceptors (Lipinski definition) is 9. The Labute approximate surface area is 203 Å². The number of aromatic nitrogens is 4. The summed E-state index contributed by atoms with van der Waals surface area (Å²) in [5.74, 6) is 0.0204. The zero-order valence-corrected chi connectivity index (χ0v) is 20.7. The third-order valence-electron chi connectivity index (χ3n) is 5.90. The van der Waals surface area contributed by atoms with E-state index >= 15 is 0 Å². The first-order valence-electron chi connectivity index (χ1n) is 11.2. The monoisotopic (exact) mass is 498 g/mol. The van der Waals surface area contributed by atoms with Gasteiger partial charge in [0.15, 0.2) is 21.3 Å². The van der Waals surface area contributed by atoms with Gasteiger partial charge in [-0.2, -0.15) is 0 Å². The molecule has 3 aromatic rings. The summed E-state index contributed by atoms with van der Waals surface area (Å²) in [4.78, 5) is 8.94. The number of nitrogen functional groups attached to an aromatic ring is 1. The van der Waals surface area contributed by atoms with Crippen LogP contribution in [0.2, 0.25) is 0 Å². The van der Waals surface area contributed by atoms with Crippen molar-refractivity contribution in [3.63, 3.8) is 0 Å². The Morgan fingerprint density at radius 3 is 2.51 bits per heavy atom. The van der Waals surface area contributed by atoms with Gasteiger partial charge in [0, 0.05) is 17.7 Å². The number of benzene rings is 1. The van der Waals surface area contributed by atoms with Gasteiger partial charge in [-0.15, -0.1) is 10.2 Å². The van der Waals surface area contributed by atoms with Gasteiger partial charge in [-0.3, -0.25) is 0 Å². The minimum absolute atomic E-state index is 0.0199. The maximum absolute atomic E-state index is 14.6. The molecule has 2 heterocycles. The van der Waals surface area contributed by atoms with Gasteiger partial charge in [0.1, 0.15) is 5.83 Å². The van der Waals surface area contributed by atoms with Crippen molar-refractivity contribution in [1.29, 1.82) is 0 Å². The first kappa shape index (κ1) is 24.7. The molecule has 1 unspecified atom stereocenters. The van der Waals surface area contributed by atoms with Crippen LogP contribution in [0.3, 0.4) is 0 Å². The molecule has 3 N–H and O–H groups in total. The van der Waals surface area contributed by atoms with Gasteiger partial charge in [0.2, 0.25) is 5.89 Å². The van der Waals surface area contributed by atoms with Gasteiger partial charge in [0.05, 0.1) is 22.0 Å². The molecule has 1 atom stereocenters. The number of sulfone groups is 1. The molecule has 0 fully saturated rings. The Morgan fingerprint density at radius 2 is 1.89 bits per heavy atom. The molecule has 1 aliphatic carbocycles. The van der Waals surface area contributed by atoms with E-state index in [-0.39, 0.29) is 39.9 Å². The molecule has 0 spiro atoms. The number of halogens is 1. The lowest BCUT2D eigenvalue weighted by Crippen LogP contribution is -2.19. The molecule has 4 rings (SSSR count). The number of likely N-dealkylation sites (N-methyl/N-ethyl adjacent to an activating group) is 1. The van der Waals surface area contributed by atoms with Gasteiger partial charge in [-0.1, -0.05) is 19.1 Å². The summed E-state index contributed by atoms with van der Waals surface area (Å²) in [7, 11) is -1.61. The largest absolute Gasteiger partial charge is 0.415 e.